The lowest BCUT2D eigenvalue weighted by Crippen LogP contribution is -2.42. The summed E-state index contributed by atoms with van der Waals surface area (Å²) in [5.41, 5.74) is 0. The number of amides is 1. The van der Waals surface area contributed by atoms with Crippen LogP contribution in [0.2, 0.25) is 0 Å². The lowest BCUT2D eigenvalue weighted by atomic mass is 9.86. The molecule has 6 nitrogen and oxygen atoms in total. The van der Waals surface area contributed by atoms with Crippen molar-refractivity contribution in [3.05, 3.63) is 41.1 Å². The van der Waals surface area contributed by atoms with Gasteiger partial charge in [-0.15, -0.1) is 5.10 Å². The fourth-order valence-electron chi connectivity index (χ4n) is 3.09. The largest absolute Gasteiger partial charge is 0.484 e. The van der Waals surface area contributed by atoms with Crippen molar-refractivity contribution in [2.45, 2.75) is 51.8 Å². The number of nitrogens with one attached hydrogen (secondary N) is 1. The van der Waals surface area contributed by atoms with E-state index < -0.39 is 0 Å². The van der Waals surface area contributed by atoms with E-state index in [9.17, 15) is 4.79 Å². The third-order valence-electron chi connectivity index (χ3n) is 4.50. The molecule has 2 atom stereocenters. The van der Waals surface area contributed by atoms with E-state index in [1.807, 2.05) is 30.3 Å². The van der Waals surface area contributed by atoms with Gasteiger partial charge in [0.15, 0.2) is 6.61 Å². The Kier molecular flexibility index (Phi) is 5.86. The monoisotopic (exact) mass is 361 g/mol. The van der Waals surface area contributed by atoms with Crippen molar-refractivity contribution in [2.75, 3.05) is 0 Å². The van der Waals surface area contributed by atoms with Crippen molar-refractivity contribution in [2.24, 2.45) is 5.92 Å². The molecule has 0 radical (unpaired) electrons. The quantitative estimate of drug-likeness (QED) is 0.798. The van der Waals surface area contributed by atoms with Crippen LogP contribution in [0.25, 0.3) is 0 Å². The van der Waals surface area contributed by atoms with E-state index >= 15 is 0 Å². The van der Waals surface area contributed by atoms with Gasteiger partial charge in [-0.1, -0.05) is 38.0 Å². The van der Waals surface area contributed by atoms with Gasteiger partial charge in [0.2, 0.25) is 5.91 Å². The van der Waals surface area contributed by atoms with Gasteiger partial charge in [0, 0.05) is 6.04 Å². The smallest absolute Gasteiger partial charge is 0.287 e. The Morgan fingerprint density at radius 2 is 2.12 bits per heavy atom. The maximum Gasteiger partial charge on any atom is 0.287 e. The molecule has 1 aliphatic rings. The lowest BCUT2D eigenvalue weighted by Gasteiger charge is -2.29. The van der Waals surface area contributed by atoms with Crippen LogP contribution in [0.1, 0.15) is 38.5 Å². The molecule has 1 fully saturated rings. The second kappa shape index (κ2) is 8.29. The standard InChI is InChI=1S/C18H23N3O3S/c1-13-7-5-6-10-15(13)19-16(22)11-21-18(25)24-17(20-21)12-23-14-8-3-2-4-9-14/h2-4,8-9,13,15H,5-7,10-12H2,1H3,(H,19,22)/t13-,15-/m1/s1. The Bertz CT molecular complexity index is 756. The van der Waals surface area contributed by atoms with Crippen LogP contribution in [-0.4, -0.2) is 21.7 Å². The SMILES string of the molecule is C[C@@H]1CCCC[C@H]1NC(=O)Cn1nc(COc2ccccc2)oc1=S. The molecule has 0 unspecified atom stereocenters. The number of ether oxygens (including phenoxy) is 1. The molecule has 0 aliphatic heterocycles. The fraction of sp³-hybridized carbons (Fsp3) is 0.500. The van der Waals surface area contributed by atoms with E-state index in [-0.39, 0.29) is 29.9 Å². The highest BCUT2D eigenvalue weighted by atomic mass is 32.1. The molecule has 0 bridgehead atoms. The second-order valence-corrected chi connectivity index (χ2v) is 6.81. The Morgan fingerprint density at radius 1 is 1.36 bits per heavy atom. The third-order valence-corrected chi connectivity index (χ3v) is 4.80. The highest BCUT2D eigenvalue weighted by Crippen LogP contribution is 2.23. The number of rotatable bonds is 6. The van der Waals surface area contributed by atoms with Crippen LogP contribution < -0.4 is 10.1 Å². The van der Waals surface area contributed by atoms with E-state index in [0.29, 0.717) is 11.8 Å². The maximum atomic E-state index is 12.3. The minimum atomic E-state index is -0.0846. The minimum absolute atomic E-state index is 0.0664. The van der Waals surface area contributed by atoms with Gasteiger partial charge >= 0.3 is 0 Å². The van der Waals surface area contributed by atoms with Gasteiger partial charge in [-0.25, -0.2) is 4.68 Å². The molecule has 1 amide bonds. The molecule has 0 saturated heterocycles. The van der Waals surface area contributed by atoms with Crippen LogP contribution in [0.4, 0.5) is 0 Å². The molecule has 1 heterocycles. The van der Waals surface area contributed by atoms with Gasteiger partial charge in [-0.05, 0) is 43.1 Å². The molecule has 7 heteroatoms. The summed E-state index contributed by atoms with van der Waals surface area (Å²) in [6, 6.07) is 9.64. The van der Waals surface area contributed by atoms with Crippen molar-refractivity contribution in [3.8, 4) is 5.75 Å². The molecule has 2 aromatic rings. The molecular formula is C18H23N3O3S. The molecule has 1 aromatic heterocycles. The molecule has 25 heavy (non-hydrogen) atoms. The Labute approximate surface area is 152 Å². The Balaban J connectivity index is 1.55. The summed E-state index contributed by atoms with van der Waals surface area (Å²) in [5, 5.41) is 7.33. The summed E-state index contributed by atoms with van der Waals surface area (Å²) in [4.78, 5) is 12.5. The van der Waals surface area contributed by atoms with Gasteiger partial charge < -0.3 is 14.5 Å². The van der Waals surface area contributed by atoms with Crippen molar-refractivity contribution in [1.29, 1.82) is 0 Å². The van der Waals surface area contributed by atoms with E-state index in [1.165, 1.54) is 17.5 Å². The topological polar surface area (TPSA) is 69.3 Å². The number of nitrogens with zero attached hydrogens (tertiary/aromatic N) is 2. The zero-order valence-corrected chi connectivity index (χ0v) is 15.1. The number of hydrogen-bond donors (Lipinski definition) is 1. The van der Waals surface area contributed by atoms with Crippen LogP contribution in [0.5, 0.6) is 5.75 Å². The number of carbonyl (C=O) groups excluding carboxylic acids is 1. The maximum absolute atomic E-state index is 12.3. The van der Waals surface area contributed by atoms with E-state index in [0.717, 1.165) is 18.6 Å². The summed E-state index contributed by atoms with van der Waals surface area (Å²) in [6.45, 7) is 2.42. The summed E-state index contributed by atoms with van der Waals surface area (Å²) >= 11 is 5.15. The number of hydrogen-bond acceptors (Lipinski definition) is 5. The summed E-state index contributed by atoms with van der Waals surface area (Å²) < 4.78 is 12.4. The van der Waals surface area contributed by atoms with E-state index in [2.05, 4.69) is 17.3 Å². The van der Waals surface area contributed by atoms with Crippen molar-refractivity contribution < 1.29 is 13.9 Å². The first-order valence-electron chi connectivity index (χ1n) is 8.66. The van der Waals surface area contributed by atoms with Crippen LogP contribution in [0, 0.1) is 10.8 Å². The van der Waals surface area contributed by atoms with Crippen molar-refractivity contribution in [3.63, 3.8) is 0 Å². The molecule has 1 aromatic carbocycles. The van der Waals surface area contributed by atoms with Crippen LogP contribution in [0.15, 0.2) is 34.7 Å². The van der Waals surface area contributed by atoms with Crippen molar-refractivity contribution in [1.82, 2.24) is 15.1 Å². The number of carbonyl (C=O) groups is 1. The van der Waals surface area contributed by atoms with Crippen LogP contribution in [0.3, 0.4) is 0 Å². The van der Waals surface area contributed by atoms with Crippen LogP contribution in [-0.2, 0) is 17.9 Å². The van der Waals surface area contributed by atoms with Gasteiger partial charge in [0.05, 0.1) is 0 Å². The Hall–Kier alpha value is -2.15. The highest BCUT2D eigenvalue weighted by Gasteiger charge is 2.23. The lowest BCUT2D eigenvalue weighted by molar-refractivity contribution is -0.123. The number of benzene rings is 1. The predicted molar refractivity (Wildman–Crippen MR) is 95.7 cm³/mol. The molecular weight excluding hydrogens is 338 g/mol. The van der Waals surface area contributed by atoms with Gasteiger partial charge in [0.1, 0.15) is 12.3 Å². The number of aromatic nitrogens is 2. The van der Waals surface area contributed by atoms with Gasteiger partial charge in [-0.2, -0.15) is 0 Å². The van der Waals surface area contributed by atoms with Gasteiger partial charge in [0.25, 0.3) is 10.7 Å². The second-order valence-electron chi connectivity index (χ2n) is 6.46. The summed E-state index contributed by atoms with van der Waals surface area (Å²) in [6.07, 6.45) is 4.61. The highest BCUT2D eigenvalue weighted by molar-refractivity contribution is 7.71. The first kappa shape index (κ1) is 17.7. The molecule has 1 aliphatic carbocycles. The molecule has 0 spiro atoms. The fourth-order valence-corrected chi connectivity index (χ4v) is 3.29. The minimum Gasteiger partial charge on any atom is -0.484 e. The summed E-state index contributed by atoms with van der Waals surface area (Å²) in [7, 11) is 0. The third kappa shape index (κ3) is 4.92. The van der Waals surface area contributed by atoms with Gasteiger partial charge in [-0.3, -0.25) is 4.79 Å². The number of para-hydroxylation sites is 1. The average molecular weight is 361 g/mol. The predicted octanol–water partition coefficient (Wildman–Crippen LogP) is 3.48. The van der Waals surface area contributed by atoms with E-state index in [4.69, 9.17) is 21.4 Å². The normalized spacial score (nSPS) is 20.2. The zero-order chi connectivity index (χ0) is 17.6. The summed E-state index contributed by atoms with van der Waals surface area (Å²) in [5.74, 6) is 1.51. The first-order valence-corrected chi connectivity index (χ1v) is 9.06. The Morgan fingerprint density at radius 3 is 2.88 bits per heavy atom. The average Bonchev–Trinajstić information content (AvgIpc) is 2.96. The van der Waals surface area contributed by atoms with Crippen molar-refractivity contribution >= 4 is 18.1 Å². The zero-order valence-electron chi connectivity index (χ0n) is 14.3. The van der Waals surface area contributed by atoms with E-state index in [1.54, 1.807) is 0 Å². The molecule has 3 rings (SSSR count). The molecule has 1 saturated carbocycles. The molecule has 1 N–H and O–H groups in total. The molecule has 134 valence electrons. The first-order chi connectivity index (χ1) is 12.1. The van der Waals surface area contributed by atoms with Crippen LogP contribution >= 0.6 is 12.2 Å².